The zero-order valence-electron chi connectivity index (χ0n) is 14.7. The summed E-state index contributed by atoms with van der Waals surface area (Å²) >= 11 is 3.24. The molecule has 0 aliphatic carbocycles. The highest BCUT2D eigenvalue weighted by Crippen LogP contribution is 2.47. The summed E-state index contributed by atoms with van der Waals surface area (Å²) < 4.78 is 38.3. The Morgan fingerprint density at radius 2 is 1.88 bits per heavy atom. The van der Waals surface area contributed by atoms with Crippen molar-refractivity contribution in [1.29, 1.82) is 0 Å². The van der Waals surface area contributed by atoms with Gasteiger partial charge in [-0.05, 0) is 38.2 Å². The smallest absolute Gasteiger partial charge is 0.245 e. The van der Waals surface area contributed by atoms with E-state index in [-0.39, 0.29) is 35.3 Å². The minimum Gasteiger partial charge on any atom is -0.538 e. The van der Waals surface area contributed by atoms with Gasteiger partial charge in [-0.2, -0.15) is 0 Å². The average molecular weight is 448 g/mol. The number of halogens is 3. The van der Waals surface area contributed by atoms with Crippen molar-refractivity contribution in [2.45, 2.75) is 32.5 Å². The topological polar surface area (TPSA) is 71.7 Å². The van der Waals surface area contributed by atoms with Gasteiger partial charge in [0.25, 0.3) is 0 Å². The number of alkyl halides is 1. The third kappa shape index (κ3) is 5.31. The quantitative estimate of drug-likeness (QED) is 0.448. The van der Waals surface area contributed by atoms with Gasteiger partial charge in [0, 0.05) is 23.4 Å². The second kappa shape index (κ2) is 8.21. The van der Waals surface area contributed by atoms with Gasteiger partial charge in [0.05, 0.1) is 0 Å². The predicted molar refractivity (Wildman–Crippen MR) is 101 cm³/mol. The lowest BCUT2D eigenvalue weighted by Gasteiger charge is -2.18. The molecule has 0 saturated heterocycles. The van der Waals surface area contributed by atoms with Crippen molar-refractivity contribution in [1.82, 2.24) is 0 Å². The van der Waals surface area contributed by atoms with Crippen LogP contribution < -0.4 is 9.74 Å². The summed E-state index contributed by atoms with van der Waals surface area (Å²) in [5.41, 5.74) is 0.00128. The van der Waals surface area contributed by atoms with Gasteiger partial charge >= 0.3 is 0 Å². The zero-order chi connectivity index (χ0) is 19.5. The fraction of sp³-hybridized carbons (Fsp3) is 0.353. The van der Waals surface area contributed by atoms with Crippen LogP contribution in [0.1, 0.15) is 12.8 Å². The molecule has 0 aliphatic heterocycles. The van der Waals surface area contributed by atoms with E-state index in [2.05, 4.69) is 21.2 Å². The minimum absolute atomic E-state index is 0.00128. The Bertz CT molecular complexity index is 785. The van der Waals surface area contributed by atoms with Gasteiger partial charge in [-0.25, -0.2) is 8.78 Å². The van der Waals surface area contributed by atoms with Crippen LogP contribution in [0.2, 0.25) is 19.6 Å². The number of carbonyl (C=O) groups is 1. The fourth-order valence-electron chi connectivity index (χ4n) is 2.19. The van der Waals surface area contributed by atoms with E-state index >= 15 is 0 Å². The number of rotatable bonds is 7. The monoisotopic (exact) mass is 447 g/mol. The highest BCUT2D eigenvalue weighted by molar-refractivity contribution is 9.09. The first-order valence-corrected chi connectivity index (χ1v) is 12.5. The maximum Gasteiger partial charge on any atom is 0.245 e. The number of hydrogen-bond acceptors (Lipinski definition) is 4. The summed E-state index contributed by atoms with van der Waals surface area (Å²) in [6.45, 7) is 5.66. The third-order valence-electron chi connectivity index (χ3n) is 3.16. The summed E-state index contributed by atoms with van der Waals surface area (Å²) in [5, 5.41) is 13.7. The molecule has 1 amide bonds. The first-order chi connectivity index (χ1) is 12.1. The largest absolute Gasteiger partial charge is 0.538 e. The molecule has 5 nitrogen and oxygen atoms in total. The summed E-state index contributed by atoms with van der Waals surface area (Å²) in [6, 6.07) is 2.76. The van der Waals surface area contributed by atoms with Crippen molar-refractivity contribution in [3.05, 3.63) is 29.8 Å². The number of anilines is 1. The summed E-state index contributed by atoms with van der Waals surface area (Å²) in [6.07, 6.45) is 0.855. The number of benzene rings is 1. The molecule has 0 fully saturated rings. The summed E-state index contributed by atoms with van der Waals surface area (Å²) in [5.74, 6) is -2.64. The van der Waals surface area contributed by atoms with E-state index < -0.39 is 25.7 Å². The minimum atomic E-state index is -2.17. The first kappa shape index (κ1) is 20.4. The van der Waals surface area contributed by atoms with Gasteiger partial charge in [-0.3, -0.25) is 10.1 Å². The molecule has 0 atom stereocenters. The molecule has 0 bridgehead atoms. The number of furan rings is 1. The lowest BCUT2D eigenvalue weighted by Crippen LogP contribution is -2.29. The van der Waals surface area contributed by atoms with Crippen molar-refractivity contribution < 1.29 is 27.5 Å². The normalized spacial score (nSPS) is 11.5. The van der Waals surface area contributed by atoms with Crippen molar-refractivity contribution >= 4 is 36.0 Å². The predicted octanol–water partition coefficient (Wildman–Crippen LogP) is 5.26. The molecule has 1 aromatic carbocycles. The number of nitrogens with one attached hydrogen (secondary N) is 1. The van der Waals surface area contributed by atoms with E-state index in [1.54, 1.807) is 0 Å². The van der Waals surface area contributed by atoms with Crippen LogP contribution in [0.25, 0.3) is 11.3 Å². The zero-order valence-corrected chi connectivity index (χ0v) is 17.2. The van der Waals surface area contributed by atoms with Crippen LogP contribution in [0.15, 0.2) is 22.6 Å². The molecule has 9 heteroatoms. The van der Waals surface area contributed by atoms with E-state index in [9.17, 15) is 18.7 Å². The number of amides is 1. The molecule has 0 radical (unpaired) electrons. The molecule has 2 N–H and O–H groups in total. The lowest BCUT2D eigenvalue weighted by atomic mass is 10.1. The first-order valence-electron chi connectivity index (χ1n) is 7.98. The van der Waals surface area contributed by atoms with Crippen molar-refractivity contribution in [2.75, 3.05) is 10.6 Å². The molecule has 0 spiro atoms. The number of hydrogen-bond donors (Lipinski definition) is 2. The van der Waals surface area contributed by atoms with Crippen molar-refractivity contribution in [2.24, 2.45) is 0 Å². The van der Waals surface area contributed by atoms with E-state index in [4.69, 9.17) is 8.84 Å². The average Bonchev–Trinajstić information content (AvgIpc) is 2.79. The molecule has 0 unspecified atom stereocenters. The highest BCUT2D eigenvalue weighted by atomic mass is 79.9. The van der Waals surface area contributed by atoms with E-state index in [1.807, 2.05) is 19.6 Å². The van der Waals surface area contributed by atoms with Crippen LogP contribution in [0, 0.1) is 11.6 Å². The van der Waals surface area contributed by atoms with Gasteiger partial charge < -0.3 is 13.9 Å². The van der Waals surface area contributed by atoms with Gasteiger partial charge in [0.2, 0.25) is 31.6 Å². The molecule has 1 heterocycles. The summed E-state index contributed by atoms with van der Waals surface area (Å²) in [4.78, 5) is 12.0. The molecule has 26 heavy (non-hydrogen) atoms. The maximum atomic E-state index is 13.5. The number of aromatic hydroxyl groups is 1. The van der Waals surface area contributed by atoms with Crippen LogP contribution >= 0.6 is 15.9 Å². The maximum absolute atomic E-state index is 13.5. The van der Waals surface area contributed by atoms with Crippen LogP contribution in [0.4, 0.5) is 14.7 Å². The van der Waals surface area contributed by atoms with Gasteiger partial charge in [0.1, 0.15) is 11.6 Å². The molecule has 0 aliphatic rings. The second-order valence-corrected chi connectivity index (χ2v) is 11.9. The summed E-state index contributed by atoms with van der Waals surface area (Å²) in [7, 11) is -2.17. The molecular weight excluding hydrogens is 428 g/mol. The van der Waals surface area contributed by atoms with Crippen molar-refractivity contribution in [3.63, 3.8) is 0 Å². The Morgan fingerprint density at radius 3 is 2.42 bits per heavy atom. The molecule has 2 aromatic rings. The van der Waals surface area contributed by atoms with Crippen LogP contribution in [-0.4, -0.2) is 24.7 Å². The van der Waals surface area contributed by atoms with Gasteiger partial charge in [0.15, 0.2) is 5.76 Å². The fourth-order valence-corrected chi connectivity index (χ4v) is 3.27. The third-order valence-corrected chi connectivity index (χ3v) is 4.54. The second-order valence-electron chi connectivity index (χ2n) is 6.65. The Kier molecular flexibility index (Phi) is 6.46. The van der Waals surface area contributed by atoms with Gasteiger partial charge in [-0.1, -0.05) is 15.9 Å². The molecule has 142 valence electrons. The molecular formula is C17H20BrF2NO4Si. The van der Waals surface area contributed by atoms with E-state index in [0.717, 1.165) is 12.1 Å². The van der Waals surface area contributed by atoms with Crippen molar-refractivity contribution in [3.8, 4) is 22.8 Å². The molecule has 2 rings (SSSR count). The van der Waals surface area contributed by atoms with E-state index in [0.29, 0.717) is 17.8 Å². The van der Waals surface area contributed by atoms with Gasteiger partial charge in [-0.15, -0.1) is 0 Å². The Labute approximate surface area is 159 Å². The Hall–Kier alpha value is -1.87. The lowest BCUT2D eigenvalue weighted by molar-refractivity contribution is -0.116. The Morgan fingerprint density at radius 1 is 1.27 bits per heavy atom. The van der Waals surface area contributed by atoms with Crippen LogP contribution in [0.5, 0.6) is 11.5 Å². The molecule has 1 aromatic heterocycles. The number of carbonyl (C=O) groups excluding carboxylic acids is 1. The van der Waals surface area contributed by atoms with Crippen LogP contribution in [-0.2, 0) is 4.79 Å². The SMILES string of the molecule is C[Si](C)(C)Oc1c(NC(=O)CCCBr)oc(-c2cc(F)cc(F)c2)c1O. The molecule has 0 saturated carbocycles. The van der Waals surface area contributed by atoms with Crippen LogP contribution in [0.3, 0.4) is 0 Å². The Balaban J connectivity index is 2.47. The standard InChI is InChI=1S/C17H20BrF2NO4Si/c1-26(2,3)25-16-14(23)15(10-7-11(19)9-12(20)8-10)24-17(16)21-13(22)5-4-6-18/h7-9,23H,4-6H2,1-3H3,(H,21,22). The van der Waals surface area contributed by atoms with E-state index in [1.165, 1.54) is 0 Å². The highest BCUT2D eigenvalue weighted by Gasteiger charge is 2.29.